The number of ether oxygens (including phenoxy) is 4. The van der Waals surface area contributed by atoms with Gasteiger partial charge in [0.25, 0.3) is 0 Å². The Labute approximate surface area is 157 Å². The Morgan fingerprint density at radius 1 is 0.963 bits per heavy atom. The first kappa shape index (κ1) is 17.7. The molecular weight excluding hydrogens is 348 g/mol. The van der Waals surface area contributed by atoms with Crippen molar-refractivity contribution in [1.29, 1.82) is 0 Å². The summed E-state index contributed by atoms with van der Waals surface area (Å²) >= 11 is 0. The van der Waals surface area contributed by atoms with Crippen LogP contribution in [0.15, 0.2) is 60.7 Å². The molecule has 0 saturated carbocycles. The molecule has 2 aliphatic rings. The van der Waals surface area contributed by atoms with E-state index >= 15 is 0 Å². The van der Waals surface area contributed by atoms with Gasteiger partial charge in [-0.2, -0.15) is 0 Å². The average Bonchev–Trinajstić information content (AvgIpc) is 3.28. The summed E-state index contributed by atoms with van der Waals surface area (Å²) in [6.45, 7) is 3.55. The van der Waals surface area contributed by atoms with Crippen molar-refractivity contribution in [2.24, 2.45) is 0 Å². The van der Waals surface area contributed by atoms with Crippen molar-refractivity contribution in [3.63, 3.8) is 0 Å². The molecule has 6 heteroatoms. The van der Waals surface area contributed by atoms with Crippen molar-refractivity contribution in [3.8, 4) is 0 Å². The van der Waals surface area contributed by atoms with Gasteiger partial charge >= 0.3 is 11.9 Å². The fourth-order valence-corrected chi connectivity index (χ4v) is 3.28. The van der Waals surface area contributed by atoms with Gasteiger partial charge in [-0.15, -0.1) is 0 Å². The Morgan fingerprint density at radius 3 is 2.11 bits per heavy atom. The molecule has 2 aliphatic heterocycles. The lowest BCUT2D eigenvalue weighted by molar-refractivity contribution is -0.127. The average molecular weight is 368 g/mol. The van der Waals surface area contributed by atoms with Gasteiger partial charge in [0.05, 0.1) is 11.1 Å². The first-order chi connectivity index (χ1) is 13.0. The Morgan fingerprint density at radius 2 is 1.52 bits per heavy atom. The molecule has 0 bridgehead atoms. The summed E-state index contributed by atoms with van der Waals surface area (Å²) in [5.41, 5.74) is 0.174. The molecule has 2 heterocycles. The molecule has 5 atom stereocenters. The van der Waals surface area contributed by atoms with Gasteiger partial charge in [-0.1, -0.05) is 36.4 Å². The summed E-state index contributed by atoms with van der Waals surface area (Å²) in [5, 5.41) is 0. The molecule has 2 aromatic rings. The number of benzene rings is 2. The van der Waals surface area contributed by atoms with Crippen molar-refractivity contribution in [1.82, 2.24) is 0 Å². The Hall–Kier alpha value is -2.70. The monoisotopic (exact) mass is 368 g/mol. The number of carbonyl (C=O) groups is 2. The number of hydrogen-bond donors (Lipinski definition) is 0. The van der Waals surface area contributed by atoms with Crippen molar-refractivity contribution >= 4 is 11.9 Å². The molecule has 0 aromatic heterocycles. The summed E-state index contributed by atoms with van der Waals surface area (Å²) in [5.74, 6) is -0.917. The molecule has 0 unspecified atom stereocenters. The predicted molar refractivity (Wildman–Crippen MR) is 95.1 cm³/mol. The molecule has 0 amide bonds. The highest BCUT2D eigenvalue weighted by atomic mass is 16.8. The maximum absolute atomic E-state index is 12.5. The zero-order chi connectivity index (χ0) is 19.0. The molecule has 0 aliphatic carbocycles. The molecule has 2 saturated heterocycles. The third-order valence-corrected chi connectivity index (χ3v) is 4.92. The van der Waals surface area contributed by atoms with Gasteiger partial charge in [0.2, 0.25) is 0 Å². The normalized spacial score (nSPS) is 29.5. The van der Waals surface area contributed by atoms with E-state index in [0.717, 1.165) is 0 Å². The van der Waals surface area contributed by atoms with Crippen LogP contribution in [0.1, 0.15) is 34.6 Å². The van der Waals surface area contributed by atoms with Gasteiger partial charge in [0, 0.05) is 0 Å². The van der Waals surface area contributed by atoms with E-state index in [0.29, 0.717) is 11.1 Å². The summed E-state index contributed by atoms with van der Waals surface area (Å²) in [7, 11) is 0. The van der Waals surface area contributed by atoms with Crippen molar-refractivity contribution in [2.75, 3.05) is 0 Å². The van der Waals surface area contributed by atoms with E-state index in [1.807, 2.05) is 19.1 Å². The van der Waals surface area contributed by atoms with Crippen LogP contribution in [0, 0.1) is 0 Å². The highest BCUT2D eigenvalue weighted by molar-refractivity contribution is 5.90. The molecule has 2 fully saturated rings. The van der Waals surface area contributed by atoms with Gasteiger partial charge in [-0.3, -0.25) is 0 Å². The standard InChI is InChI=1S/C21H20O6/c1-13(24-18(22)14-9-5-3-6-10-14)16-17(21(2)20(25-16)27-21)26-19(23)15-11-7-4-8-12-15/h3-13,16-17,20H,1-2H3/t13-,16+,17+,20+,21+/m0/s1. The van der Waals surface area contributed by atoms with Crippen LogP contribution in [0.5, 0.6) is 0 Å². The molecule has 140 valence electrons. The van der Waals surface area contributed by atoms with Crippen LogP contribution in [0.3, 0.4) is 0 Å². The molecule has 27 heavy (non-hydrogen) atoms. The number of epoxide rings is 1. The number of esters is 2. The molecule has 2 aromatic carbocycles. The Balaban J connectivity index is 1.47. The smallest absolute Gasteiger partial charge is 0.338 e. The van der Waals surface area contributed by atoms with Crippen LogP contribution in [0.2, 0.25) is 0 Å². The van der Waals surface area contributed by atoms with Crippen molar-refractivity contribution in [2.45, 2.75) is 44.1 Å². The molecule has 0 N–H and O–H groups in total. The van der Waals surface area contributed by atoms with Gasteiger partial charge in [-0.25, -0.2) is 9.59 Å². The lowest BCUT2D eigenvalue weighted by Crippen LogP contribution is -2.45. The van der Waals surface area contributed by atoms with E-state index in [4.69, 9.17) is 18.9 Å². The minimum Gasteiger partial charge on any atom is -0.456 e. The summed E-state index contributed by atoms with van der Waals surface area (Å²) in [6, 6.07) is 17.4. The minimum absolute atomic E-state index is 0.442. The van der Waals surface area contributed by atoms with Crippen LogP contribution in [0.25, 0.3) is 0 Å². The number of fused-ring (bicyclic) bond motifs is 1. The van der Waals surface area contributed by atoms with E-state index in [1.165, 1.54) is 0 Å². The first-order valence-corrected chi connectivity index (χ1v) is 8.84. The second-order valence-corrected chi connectivity index (χ2v) is 6.90. The van der Waals surface area contributed by atoms with E-state index in [2.05, 4.69) is 0 Å². The lowest BCUT2D eigenvalue weighted by atomic mass is 9.99. The topological polar surface area (TPSA) is 74.4 Å². The SMILES string of the molecule is C[C@H](OC(=O)c1ccccc1)[C@H]1O[C@@H]2O[C@]2(C)[C@@H]1OC(=O)c1ccccc1. The highest BCUT2D eigenvalue weighted by Crippen LogP contribution is 2.51. The van der Waals surface area contributed by atoms with Gasteiger partial charge in [-0.05, 0) is 38.1 Å². The van der Waals surface area contributed by atoms with Crippen molar-refractivity contribution in [3.05, 3.63) is 71.8 Å². The second-order valence-electron chi connectivity index (χ2n) is 6.90. The van der Waals surface area contributed by atoms with E-state index in [1.54, 1.807) is 55.5 Å². The highest BCUT2D eigenvalue weighted by Gasteiger charge is 2.71. The van der Waals surface area contributed by atoms with Crippen LogP contribution >= 0.6 is 0 Å². The van der Waals surface area contributed by atoms with Crippen LogP contribution in [-0.2, 0) is 18.9 Å². The zero-order valence-corrected chi connectivity index (χ0v) is 15.0. The number of rotatable bonds is 5. The third kappa shape index (κ3) is 3.34. The largest absolute Gasteiger partial charge is 0.456 e. The second kappa shape index (κ2) is 6.79. The van der Waals surface area contributed by atoms with Gasteiger partial charge < -0.3 is 18.9 Å². The van der Waals surface area contributed by atoms with Crippen LogP contribution < -0.4 is 0 Å². The predicted octanol–water partition coefficient (Wildman–Crippen LogP) is 2.97. The number of hydrogen-bond acceptors (Lipinski definition) is 6. The summed E-state index contributed by atoms with van der Waals surface area (Å²) in [4.78, 5) is 24.8. The van der Waals surface area contributed by atoms with Crippen LogP contribution in [-0.4, -0.2) is 42.1 Å². The Kier molecular flexibility index (Phi) is 4.45. The Bertz CT molecular complexity index is 836. The maximum atomic E-state index is 12.5. The van der Waals surface area contributed by atoms with Gasteiger partial charge in [0.1, 0.15) is 12.2 Å². The lowest BCUT2D eigenvalue weighted by Gasteiger charge is -2.28. The van der Waals surface area contributed by atoms with Gasteiger partial charge in [0.15, 0.2) is 18.0 Å². The molecule has 0 spiro atoms. The summed E-state index contributed by atoms with van der Waals surface area (Å²) < 4.78 is 22.6. The molecule has 0 radical (unpaired) electrons. The molecule has 6 nitrogen and oxygen atoms in total. The van der Waals surface area contributed by atoms with Crippen molar-refractivity contribution < 1.29 is 28.5 Å². The maximum Gasteiger partial charge on any atom is 0.338 e. The van der Waals surface area contributed by atoms with E-state index in [-0.39, 0.29) is 0 Å². The number of carbonyl (C=O) groups excluding carboxylic acids is 2. The van der Waals surface area contributed by atoms with E-state index in [9.17, 15) is 9.59 Å². The zero-order valence-electron chi connectivity index (χ0n) is 15.0. The van der Waals surface area contributed by atoms with E-state index < -0.39 is 42.1 Å². The fourth-order valence-electron chi connectivity index (χ4n) is 3.28. The summed E-state index contributed by atoms with van der Waals surface area (Å²) in [6.07, 6.45) is -2.35. The fraction of sp³-hybridized carbons (Fsp3) is 0.333. The minimum atomic E-state index is -0.720. The van der Waals surface area contributed by atoms with Crippen LogP contribution in [0.4, 0.5) is 0 Å². The molecular formula is C21H20O6. The molecule has 4 rings (SSSR count). The third-order valence-electron chi connectivity index (χ3n) is 4.92. The quantitative estimate of drug-likeness (QED) is 0.597. The first-order valence-electron chi connectivity index (χ1n) is 8.84.